The first kappa shape index (κ1) is 17.2. The molecule has 1 atom stereocenters. The molecule has 1 aromatic carbocycles. The lowest BCUT2D eigenvalue weighted by Crippen LogP contribution is -2.47. The molecule has 1 N–H and O–H groups in total. The summed E-state index contributed by atoms with van der Waals surface area (Å²) < 4.78 is 5.47. The van der Waals surface area contributed by atoms with Crippen LogP contribution in [0, 0.1) is 0 Å². The third kappa shape index (κ3) is 4.08. The Morgan fingerprint density at radius 1 is 1.21 bits per heavy atom. The van der Waals surface area contributed by atoms with Gasteiger partial charge in [0.25, 0.3) is 0 Å². The normalized spacial score (nSPS) is 23.2. The van der Waals surface area contributed by atoms with Gasteiger partial charge in [0.1, 0.15) is 5.75 Å². The minimum Gasteiger partial charge on any atom is -0.496 e. The fraction of sp³-hybridized carbons (Fsp3) is 0.632. The van der Waals surface area contributed by atoms with Crippen LogP contribution >= 0.6 is 0 Å². The van der Waals surface area contributed by atoms with Gasteiger partial charge in [-0.05, 0) is 49.8 Å². The van der Waals surface area contributed by atoms with Crippen LogP contribution in [0.15, 0.2) is 24.3 Å². The molecule has 2 aliphatic heterocycles. The highest BCUT2D eigenvalue weighted by atomic mass is 16.5. The zero-order chi connectivity index (χ0) is 16.9. The van der Waals surface area contributed by atoms with Crippen LogP contribution in [0.3, 0.4) is 0 Å². The first-order chi connectivity index (χ1) is 11.7. The molecule has 24 heavy (non-hydrogen) atoms. The van der Waals surface area contributed by atoms with E-state index >= 15 is 0 Å². The molecule has 0 spiro atoms. The zero-order valence-corrected chi connectivity index (χ0v) is 14.5. The number of rotatable bonds is 4. The van der Waals surface area contributed by atoms with Crippen molar-refractivity contribution in [2.24, 2.45) is 0 Å². The van der Waals surface area contributed by atoms with Crippen LogP contribution in [-0.2, 0) is 4.79 Å². The van der Waals surface area contributed by atoms with Gasteiger partial charge in [-0.25, -0.2) is 0 Å². The molecule has 5 nitrogen and oxygen atoms in total. The zero-order valence-electron chi connectivity index (χ0n) is 14.5. The number of hydrogen-bond donors (Lipinski definition) is 1. The summed E-state index contributed by atoms with van der Waals surface area (Å²) in [5.41, 5.74) is 1.26. The van der Waals surface area contributed by atoms with Crippen LogP contribution in [0.1, 0.15) is 37.2 Å². The number of β-amino-alcohol motifs (C(OH)–C–C–N with tert-alkyl or cyclic N) is 1. The number of piperidine rings is 2. The van der Waals surface area contributed by atoms with Crippen LogP contribution in [0.4, 0.5) is 0 Å². The monoisotopic (exact) mass is 332 g/mol. The Labute approximate surface area is 144 Å². The van der Waals surface area contributed by atoms with Crippen LogP contribution < -0.4 is 4.74 Å². The Bertz CT molecular complexity index is 555. The third-order valence-corrected chi connectivity index (χ3v) is 5.27. The molecule has 3 rings (SSSR count). The summed E-state index contributed by atoms with van der Waals surface area (Å²) in [5.74, 6) is 1.61. The van der Waals surface area contributed by atoms with Crippen LogP contribution in [0.25, 0.3) is 0 Å². The van der Waals surface area contributed by atoms with Gasteiger partial charge in [0.2, 0.25) is 5.91 Å². The number of carbonyl (C=O) groups excluding carboxylic acids is 1. The highest BCUT2D eigenvalue weighted by Crippen LogP contribution is 2.34. The largest absolute Gasteiger partial charge is 0.496 e. The van der Waals surface area contributed by atoms with Gasteiger partial charge in [0, 0.05) is 19.6 Å². The Kier molecular flexibility index (Phi) is 5.74. The van der Waals surface area contributed by atoms with Crippen molar-refractivity contribution in [2.45, 2.75) is 37.7 Å². The third-order valence-electron chi connectivity index (χ3n) is 5.27. The molecule has 1 aromatic rings. The second-order valence-corrected chi connectivity index (χ2v) is 6.93. The van der Waals surface area contributed by atoms with E-state index in [1.54, 1.807) is 7.11 Å². The number of amides is 1. The van der Waals surface area contributed by atoms with E-state index in [0.717, 1.165) is 51.1 Å². The van der Waals surface area contributed by atoms with Gasteiger partial charge >= 0.3 is 0 Å². The van der Waals surface area contributed by atoms with Crippen molar-refractivity contribution in [1.29, 1.82) is 0 Å². The number of hydrogen-bond acceptors (Lipinski definition) is 4. The summed E-state index contributed by atoms with van der Waals surface area (Å²) in [5, 5.41) is 9.73. The van der Waals surface area contributed by atoms with Gasteiger partial charge in [0.05, 0.1) is 19.8 Å². The maximum absolute atomic E-state index is 12.5. The molecule has 0 aromatic heterocycles. The van der Waals surface area contributed by atoms with Crippen molar-refractivity contribution < 1.29 is 14.6 Å². The van der Waals surface area contributed by atoms with E-state index in [-0.39, 0.29) is 12.0 Å². The first-order valence-corrected chi connectivity index (χ1v) is 8.98. The summed E-state index contributed by atoms with van der Waals surface area (Å²) in [6.07, 6.45) is 3.52. The van der Waals surface area contributed by atoms with Crippen LogP contribution in [0.5, 0.6) is 5.75 Å². The van der Waals surface area contributed by atoms with E-state index in [1.807, 2.05) is 17.0 Å². The maximum atomic E-state index is 12.5. The van der Waals surface area contributed by atoms with E-state index in [1.165, 1.54) is 5.56 Å². The molecule has 0 radical (unpaired) electrons. The number of likely N-dealkylation sites (tertiary alicyclic amines) is 2. The molecule has 2 heterocycles. The summed E-state index contributed by atoms with van der Waals surface area (Å²) in [7, 11) is 1.71. The van der Waals surface area contributed by atoms with Gasteiger partial charge in [0.15, 0.2) is 0 Å². The smallest absolute Gasteiger partial charge is 0.236 e. The van der Waals surface area contributed by atoms with Crippen molar-refractivity contribution in [3.8, 4) is 5.75 Å². The SMILES string of the molecule is COc1ccccc1C1CCN(C(=O)CN2CCC[C@@H](O)C2)CC1. The molecule has 2 aliphatic rings. The number of para-hydroxylation sites is 1. The fourth-order valence-corrected chi connectivity index (χ4v) is 3.91. The number of nitrogens with zero attached hydrogens (tertiary/aromatic N) is 2. The number of aliphatic hydroxyl groups excluding tert-OH is 1. The Morgan fingerprint density at radius 2 is 1.96 bits per heavy atom. The Morgan fingerprint density at radius 3 is 2.67 bits per heavy atom. The van der Waals surface area contributed by atoms with E-state index in [0.29, 0.717) is 19.0 Å². The lowest BCUT2D eigenvalue weighted by Gasteiger charge is -2.35. The second-order valence-electron chi connectivity index (χ2n) is 6.93. The Balaban J connectivity index is 1.52. The van der Waals surface area contributed by atoms with Gasteiger partial charge < -0.3 is 14.7 Å². The summed E-state index contributed by atoms with van der Waals surface area (Å²) in [6.45, 7) is 3.59. The van der Waals surface area contributed by atoms with Crippen molar-refractivity contribution in [3.63, 3.8) is 0 Å². The molecule has 0 saturated carbocycles. The van der Waals surface area contributed by atoms with Crippen molar-refractivity contribution in [2.75, 3.05) is 39.8 Å². The van der Waals surface area contributed by atoms with E-state index in [9.17, 15) is 9.90 Å². The van der Waals surface area contributed by atoms with Gasteiger partial charge in [-0.3, -0.25) is 9.69 Å². The van der Waals surface area contributed by atoms with Gasteiger partial charge in [-0.2, -0.15) is 0 Å². The van der Waals surface area contributed by atoms with Crippen molar-refractivity contribution in [3.05, 3.63) is 29.8 Å². The molecule has 0 unspecified atom stereocenters. The maximum Gasteiger partial charge on any atom is 0.236 e. The molecule has 1 amide bonds. The molecule has 2 saturated heterocycles. The average Bonchev–Trinajstić information content (AvgIpc) is 2.62. The molecule has 0 bridgehead atoms. The second kappa shape index (κ2) is 7.99. The lowest BCUT2D eigenvalue weighted by atomic mass is 9.89. The summed E-state index contributed by atoms with van der Waals surface area (Å²) >= 11 is 0. The number of benzene rings is 1. The quantitative estimate of drug-likeness (QED) is 0.914. The van der Waals surface area contributed by atoms with Crippen LogP contribution in [-0.4, -0.2) is 66.8 Å². The first-order valence-electron chi connectivity index (χ1n) is 8.98. The highest BCUT2D eigenvalue weighted by molar-refractivity contribution is 5.78. The predicted octanol–water partition coefficient (Wildman–Crippen LogP) is 1.86. The topological polar surface area (TPSA) is 53.0 Å². The average molecular weight is 332 g/mol. The van der Waals surface area contributed by atoms with Crippen molar-refractivity contribution >= 4 is 5.91 Å². The number of aliphatic hydroxyl groups is 1. The van der Waals surface area contributed by atoms with Gasteiger partial charge in [-0.1, -0.05) is 18.2 Å². The van der Waals surface area contributed by atoms with E-state index in [4.69, 9.17) is 4.74 Å². The van der Waals surface area contributed by atoms with Crippen molar-refractivity contribution in [1.82, 2.24) is 9.80 Å². The molecule has 5 heteroatoms. The molecular formula is C19H28N2O3. The lowest BCUT2D eigenvalue weighted by molar-refractivity contribution is -0.134. The van der Waals surface area contributed by atoms with Crippen LogP contribution in [0.2, 0.25) is 0 Å². The minimum absolute atomic E-state index is 0.197. The fourth-order valence-electron chi connectivity index (χ4n) is 3.91. The number of methoxy groups -OCH3 is 1. The minimum atomic E-state index is -0.275. The molecule has 2 fully saturated rings. The molecule has 132 valence electrons. The summed E-state index contributed by atoms with van der Waals surface area (Å²) in [4.78, 5) is 16.6. The van der Waals surface area contributed by atoms with E-state index in [2.05, 4.69) is 17.0 Å². The van der Waals surface area contributed by atoms with E-state index < -0.39 is 0 Å². The predicted molar refractivity (Wildman–Crippen MR) is 93.2 cm³/mol. The number of carbonyl (C=O) groups is 1. The number of ether oxygens (including phenoxy) is 1. The molecule has 0 aliphatic carbocycles. The highest BCUT2D eigenvalue weighted by Gasteiger charge is 2.27. The molecular weight excluding hydrogens is 304 g/mol. The Hall–Kier alpha value is -1.59. The summed E-state index contributed by atoms with van der Waals surface area (Å²) in [6, 6.07) is 8.19. The standard InChI is InChI=1S/C19H28N2O3/c1-24-18-7-3-2-6-17(18)15-8-11-21(12-9-15)19(23)14-20-10-4-5-16(22)13-20/h2-3,6-7,15-16,22H,4-5,8-14H2,1H3/t16-/m1/s1. The van der Waals surface area contributed by atoms with Gasteiger partial charge in [-0.15, -0.1) is 0 Å².